The molecule has 0 aromatic rings. The molecule has 2 heteroatoms. The van der Waals surface area contributed by atoms with Crippen molar-refractivity contribution in [2.24, 2.45) is 0 Å². The minimum Gasteiger partial charge on any atom is -0.315 e. The molecule has 3 saturated heterocycles. The third-order valence-electron chi connectivity index (χ3n) is 1.65. The van der Waals surface area contributed by atoms with E-state index in [9.17, 15) is 0 Å². The Morgan fingerprint density at radius 2 is 1.86 bits per heavy atom. The van der Waals surface area contributed by atoms with Gasteiger partial charge in [-0.2, -0.15) is 11.8 Å². The summed E-state index contributed by atoms with van der Waals surface area (Å²) < 4.78 is 0. The highest BCUT2D eigenvalue weighted by Gasteiger charge is 2.32. The van der Waals surface area contributed by atoms with Gasteiger partial charge in [0.2, 0.25) is 0 Å². The number of thioether (sulfide) groups is 1. The molecule has 3 rings (SSSR count). The van der Waals surface area contributed by atoms with E-state index in [1.807, 2.05) is 0 Å². The average molecular weight is 115 g/mol. The molecule has 2 atom stereocenters. The van der Waals surface area contributed by atoms with E-state index in [0.29, 0.717) is 0 Å². The first-order valence-electron chi connectivity index (χ1n) is 2.81. The van der Waals surface area contributed by atoms with E-state index in [2.05, 4.69) is 17.1 Å². The molecule has 1 N–H and O–H groups in total. The largest absolute Gasteiger partial charge is 0.315 e. The first-order valence-corrected chi connectivity index (χ1v) is 3.75. The van der Waals surface area contributed by atoms with Gasteiger partial charge in [0.15, 0.2) is 0 Å². The lowest BCUT2D eigenvalue weighted by molar-refractivity contribution is 0.503. The summed E-state index contributed by atoms with van der Waals surface area (Å²) in [5, 5.41) is 5.33. The second-order valence-corrected chi connectivity index (χ2v) is 3.88. The molecule has 0 aliphatic carbocycles. The van der Waals surface area contributed by atoms with Crippen molar-refractivity contribution in [3.8, 4) is 0 Å². The Morgan fingerprint density at radius 1 is 1.29 bits per heavy atom. The zero-order chi connectivity index (χ0) is 4.69. The van der Waals surface area contributed by atoms with Crippen molar-refractivity contribution in [2.75, 3.05) is 13.1 Å². The Hall–Kier alpha value is 0.310. The molecular weight excluding hydrogens is 106 g/mol. The van der Waals surface area contributed by atoms with Crippen molar-refractivity contribution in [2.45, 2.75) is 16.9 Å². The van der Waals surface area contributed by atoms with Gasteiger partial charge in [-0.1, -0.05) is 0 Å². The molecule has 7 heavy (non-hydrogen) atoms. The lowest BCUT2D eigenvalue weighted by Crippen LogP contribution is -2.48. The minimum absolute atomic E-state index is 0.985. The molecular formula is C5H9NS. The van der Waals surface area contributed by atoms with Gasteiger partial charge in [-0.3, -0.25) is 0 Å². The predicted molar refractivity (Wildman–Crippen MR) is 32.7 cm³/mol. The second-order valence-electron chi connectivity index (χ2n) is 2.27. The normalized spacial score (nSPS) is 48.0. The molecule has 0 aromatic heterocycles. The summed E-state index contributed by atoms with van der Waals surface area (Å²) in [5.74, 6) is 0. The Balaban J connectivity index is 1.99. The van der Waals surface area contributed by atoms with Gasteiger partial charge in [-0.15, -0.1) is 0 Å². The maximum absolute atomic E-state index is 3.36. The van der Waals surface area contributed by atoms with Crippen LogP contribution in [0, 0.1) is 0 Å². The molecule has 0 spiro atoms. The summed E-state index contributed by atoms with van der Waals surface area (Å²) in [6.45, 7) is 2.53. The molecule has 0 saturated carbocycles. The third-order valence-corrected chi connectivity index (χ3v) is 3.14. The first kappa shape index (κ1) is 4.21. The maximum atomic E-state index is 3.36. The summed E-state index contributed by atoms with van der Waals surface area (Å²) in [7, 11) is 0. The molecule has 0 unspecified atom stereocenters. The highest BCUT2D eigenvalue weighted by Crippen LogP contribution is 2.37. The van der Waals surface area contributed by atoms with E-state index in [4.69, 9.17) is 0 Å². The van der Waals surface area contributed by atoms with Crippen LogP contribution in [0.3, 0.4) is 0 Å². The van der Waals surface area contributed by atoms with Gasteiger partial charge < -0.3 is 5.32 Å². The zero-order valence-electron chi connectivity index (χ0n) is 4.18. The Bertz CT molecular complexity index is 64.6. The molecule has 1 nitrogen and oxygen atoms in total. The number of nitrogens with one attached hydrogen (secondary N) is 1. The summed E-state index contributed by atoms with van der Waals surface area (Å²) in [5.41, 5.74) is 0. The predicted octanol–water partition coefficient (Wildman–Crippen LogP) is 0.464. The Kier molecular flexibility index (Phi) is 0.837. The smallest absolute Gasteiger partial charge is 0.0186 e. The second kappa shape index (κ2) is 1.39. The van der Waals surface area contributed by atoms with E-state index in [0.717, 1.165) is 10.5 Å². The summed E-state index contributed by atoms with van der Waals surface area (Å²) in [6, 6.07) is 0. The fourth-order valence-corrected chi connectivity index (χ4v) is 2.52. The van der Waals surface area contributed by atoms with Crippen LogP contribution in [0.25, 0.3) is 0 Å². The number of piperidine rings is 1. The number of hydrogen-bond acceptors (Lipinski definition) is 2. The lowest BCUT2D eigenvalue weighted by Gasteiger charge is -2.40. The van der Waals surface area contributed by atoms with E-state index in [1.54, 1.807) is 0 Å². The quantitative estimate of drug-likeness (QED) is 0.492. The third kappa shape index (κ3) is 0.572. The van der Waals surface area contributed by atoms with E-state index < -0.39 is 0 Å². The minimum atomic E-state index is 0.985. The highest BCUT2D eigenvalue weighted by atomic mass is 32.2. The van der Waals surface area contributed by atoms with E-state index >= 15 is 0 Å². The van der Waals surface area contributed by atoms with Crippen molar-refractivity contribution in [1.29, 1.82) is 0 Å². The van der Waals surface area contributed by atoms with E-state index in [1.165, 1.54) is 19.5 Å². The van der Waals surface area contributed by atoms with E-state index in [-0.39, 0.29) is 0 Å². The fourth-order valence-electron chi connectivity index (χ4n) is 1.22. The van der Waals surface area contributed by atoms with Crippen LogP contribution in [0.15, 0.2) is 0 Å². The van der Waals surface area contributed by atoms with Crippen molar-refractivity contribution in [1.82, 2.24) is 5.32 Å². The molecule has 40 valence electrons. The molecule has 3 heterocycles. The van der Waals surface area contributed by atoms with Gasteiger partial charge in [0.05, 0.1) is 0 Å². The monoisotopic (exact) mass is 115 g/mol. The van der Waals surface area contributed by atoms with Crippen molar-refractivity contribution in [3.05, 3.63) is 0 Å². The van der Waals surface area contributed by atoms with Gasteiger partial charge in [0, 0.05) is 23.6 Å². The number of rotatable bonds is 0. The highest BCUT2D eigenvalue weighted by molar-refractivity contribution is 8.02. The van der Waals surface area contributed by atoms with Gasteiger partial charge in [-0.05, 0) is 6.42 Å². The topological polar surface area (TPSA) is 12.0 Å². The fraction of sp³-hybridized carbons (Fsp3) is 1.00. The van der Waals surface area contributed by atoms with Crippen LogP contribution < -0.4 is 5.32 Å². The zero-order valence-corrected chi connectivity index (χ0v) is 5.00. The van der Waals surface area contributed by atoms with Crippen LogP contribution in [0.2, 0.25) is 0 Å². The Morgan fingerprint density at radius 3 is 2.00 bits per heavy atom. The van der Waals surface area contributed by atoms with Crippen LogP contribution in [0.4, 0.5) is 0 Å². The van der Waals surface area contributed by atoms with Gasteiger partial charge in [0.25, 0.3) is 0 Å². The van der Waals surface area contributed by atoms with Gasteiger partial charge >= 0.3 is 0 Å². The average Bonchev–Trinajstić information content (AvgIpc) is 1.67. The molecule has 3 aliphatic heterocycles. The molecule has 0 amide bonds. The molecule has 0 aromatic carbocycles. The van der Waals surface area contributed by atoms with Crippen LogP contribution in [0.1, 0.15) is 6.42 Å². The molecule has 3 aliphatic rings. The number of hydrogen-bond donors (Lipinski definition) is 1. The first-order chi connectivity index (χ1) is 3.45. The van der Waals surface area contributed by atoms with Crippen LogP contribution in [-0.2, 0) is 0 Å². The van der Waals surface area contributed by atoms with Crippen molar-refractivity contribution >= 4 is 11.8 Å². The SMILES string of the molecule is C1NC[C@H]2C[C@@H]1S2. The van der Waals surface area contributed by atoms with Crippen LogP contribution in [-0.4, -0.2) is 23.6 Å². The summed E-state index contributed by atoms with van der Waals surface area (Å²) in [6.07, 6.45) is 1.48. The molecule has 2 bridgehead atoms. The van der Waals surface area contributed by atoms with Gasteiger partial charge in [-0.25, -0.2) is 0 Å². The maximum Gasteiger partial charge on any atom is 0.0186 e. The summed E-state index contributed by atoms with van der Waals surface area (Å²) in [4.78, 5) is 0. The lowest BCUT2D eigenvalue weighted by atomic mass is 10.1. The van der Waals surface area contributed by atoms with Crippen molar-refractivity contribution < 1.29 is 0 Å². The summed E-state index contributed by atoms with van der Waals surface area (Å²) >= 11 is 2.15. The molecule has 3 fully saturated rings. The standard InChI is InChI=1S/C5H9NS/c1-4-2-6-3-5(1)7-4/h4-6H,1-3H2/t4-,5+. The van der Waals surface area contributed by atoms with Crippen LogP contribution >= 0.6 is 11.8 Å². The van der Waals surface area contributed by atoms with Crippen LogP contribution in [0.5, 0.6) is 0 Å². The number of fused-ring (bicyclic) bond motifs is 2. The molecule has 0 radical (unpaired) electrons. The van der Waals surface area contributed by atoms with Gasteiger partial charge in [0.1, 0.15) is 0 Å². The van der Waals surface area contributed by atoms with Crippen molar-refractivity contribution in [3.63, 3.8) is 0 Å². The Labute approximate surface area is 47.9 Å².